The number of hydrogen-bond donors (Lipinski definition) is 1. The average molecular weight is 227 g/mol. The fourth-order valence-corrected chi connectivity index (χ4v) is 1.94. The Morgan fingerprint density at radius 3 is 2.71 bits per heavy atom. The molecule has 0 aliphatic carbocycles. The molecule has 0 fully saturated rings. The van der Waals surface area contributed by atoms with Crippen molar-refractivity contribution in [2.75, 3.05) is 13.1 Å². The first-order chi connectivity index (χ1) is 8.33. The maximum Gasteiger partial charge on any atom is 0.177 e. The van der Waals surface area contributed by atoms with Crippen LogP contribution in [0.5, 0.6) is 0 Å². The minimum atomic E-state index is 0.162. The van der Waals surface area contributed by atoms with Crippen LogP contribution in [0.15, 0.2) is 42.5 Å². The Balaban J connectivity index is 2.26. The second kappa shape index (κ2) is 5.60. The summed E-state index contributed by atoms with van der Waals surface area (Å²) in [6.45, 7) is 3.40. The van der Waals surface area contributed by atoms with Gasteiger partial charge >= 0.3 is 0 Å². The zero-order chi connectivity index (χ0) is 12.1. The SMILES string of the molecule is CCCNCC(=O)c1cccc2ccccc12. The lowest BCUT2D eigenvalue weighted by Gasteiger charge is -2.06. The van der Waals surface area contributed by atoms with Crippen LogP contribution in [0.4, 0.5) is 0 Å². The first-order valence-electron chi connectivity index (χ1n) is 6.04. The van der Waals surface area contributed by atoms with Crippen LogP contribution in [0.3, 0.4) is 0 Å². The van der Waals surface area contributed by atoms with E-state index in [2.05, 4.69) is 12.2 Å². The van der Waals surface area contributed by atoms with Crippen LogP contribution < -0.4 is 5.32 Å². The Morgan fingerprint density at radius 2 is 1.88 bits per heavy atom. The van der Waals surface area contributed by atoms with Gasteiger partial charge in [0.1, 0.15) is 0 Å². The molecule has 0 aliphatic rings. The first-order valence-corrected chi connectivity index (χ1v) is 6.04. The molecule has 0 spiro atoms. The summed E-state index contributed by atoms with van der Waals surface area (Å²) in [4.78, 5) is 12.1. The maximum absolute atomic E-state index is 12.1. The van der Waals surface area contributed by atoms with E-state index in [1.807, 2.05) is 42.5 Å². The van der Waals surface area contributed by atoms with E-state index in [-0.39, 0.29) is 5.78 Å². The Morgan fingerprint density at radius 1 is 1.12 bits per heavy atom. The first kappa shape index (κ1) is 11.8. The fourth-order valence-electron chi connectivity index (χ4n) is 1.94. The standard InChI is InChI=1S/C15H17NO/c1-2-10-16-11-15(17)14-9-5-7-12-6-3-4-8-13(12)14/h3-9,16H,2,10-11H2,1H3. The van der Waals surface area contributed by atoms with E-state index in [1.54, 1.807) is 0 Å². The number of carbonyl (C=O) groups excluding carboxylic acids is 1. The normalized spacial score (nSPS) is 10.6. The molecule has 0 heterocycles. The summed E-state index contributed by atoms with van der Waals surface area (Å²) in [6, 6.07) is 13.9. The monoisotopic (exact) mass is 227 g/mol. The van der Waals surface area contributed by atoms with Gasteiger partial charge in [0.2, 0.25) is 0 Å². The molecule has 88 valence electrons. The van der Waals surface area contributed by atoms with Crippen molar-refractivity contribution in [3.63, 3.8) is 0 Å². The summed E-state index contributed by atoms with van der Waals surface area (Å²) in [5, 5.41) is 5.31. The van der Waals surface area contributed by atoms with E-state index < -0.39 is 0 Å². The second-order valence-corrected chi connectivity index (χ2v) is 4.13. The van der Waals surface area contributed by atoms with Gasteiger partial charge in [-0.1, -0.05) is 49.4 Å². The molecule has 0 amide bonds. The van der Waals surface area contributed by atoms with Gasteiger partial charge in [0.25, 0.3) is 0 Å². The van der Waals surface area contributed by atoms with Crippen molar-refractivity contribution in [3.05, 3.63) is 48.0 Å². The van der Waals surface area contributed by atoms with Crippen LogP contribution in [0.2, 0.25) is 0 Å². The zero-order valence-corrected chi connectivity index (χ0v) is 10.1. The Kier molecular flexibility index (Phi) is 3.89. The van der Waals surface area contributed by atoms with E-state index in [0.29, 0.717) is 6.54 Å². The van der Waals surface area contributed by atoms with Gasteiger partial charge in [0, 0.05) is 5.56 Å². The van der Waals surface area contributed by atoms with Crippen molar-refractivity contribution in [1.82, 2.24) is 5.32 Å². The van der Waals surface area contributed by atoms with Gasteiger partial charge in [-0.2, -0.15) is 0 Å². The van der Waals surface area contributed by atoms with Crippen molar-refractivity contribution >= 4 is 16.6 Å². The predicted molar refractivity (Wildman–Crippen MR) is 71.4 cm³/mol. The molecule has 2 aromatic carbocycles. The largest absolute Gasteiger partial charge is 0.310 e. The molecule has 17 heavy (non-hydrogen) atoms. The number of nitrogens with one attached hydrogen (secondary N) is 1. The molecule has 0 aromatic heterocycles. The van der Waals surface area contributed by atoms with Crippen LogP contribution in [0.1, 0.15) is 23.7 Å². The summed E-state index contributed by atoms with van der Waals surface area (Å²) in [6.07, 6.45) is 1.04. The third-order valence-corrected chi connectivity index (χ3v) is 2.80. The molecule has 0 bridgehead atoms. The molecule has 2 aromatic rings. The maximum atomic E-state index is 12.1. The van der Waals surface area contributed by atoms with Crippen molar-refractivity contribution in [3.8, 4) is 0 Å². The van der Waals surface area contributed by atoms with Gasteiger partial charge in [0.05, 0.1) is 6.54 Å². The van der Waals surface area contributed by atoms with Gasteiger partial charge in [-0.3, -0.25) is 4.79 Å². The quantitative estimate of drug-likeness (QED) is 0.628. The molecule has 0 unspecified atom stereocenters. The van der Waals surface area contributed by atoms with E-state index in [9.17, 15) is 4.79 Å². The van der Waals surface area contributed by atoms with Gasteiger partial charge in [-0.05, 0) is 23.7 Å². The van der Waals surface area contributed by atoms with Crippen LogP contribution >= 0.6 is 0 Å². The van der Waals surface area contributed by atoms with Gasteiger partial charge in [0.15, 0.2) is 5.78 Å². The summed E-state index contributed by atoms with van der Waals surface area (Å²) >= 11 is 0. The lowest BCUT2D eigenvalue weighted by atomic mass is 10.0. The molecule has 0 saturated heterocycles. The van der Waals surface area contributed by atoms with Crippen molar-refractivity contribution in [2.45, 2.75) is 13.3 Å². The lowest BCUT2D eigenvalue weighted by molar-refractivity contribution is 0.0993. The predicted octanol–water partition coefficient (Wildman–Crippen LogP) is 3.02. The van der Waals surface area contributed by atoms with Gasteiger partial charge in [-0.15, -0.1) is 0 Å². The third-order valence-electron chi connectivity index (χ3n) is 2.80. The highest BCUT2D eigenvalue weighted by Crippen LogP contribution is 2.18. The van der Waals surface area contributed by atoms with Gasteiger partial charge in [-0.25, -0.2) is 0 Å². The second-order valence-electron chi connectivity index (χ2n) is 4.13. The summed E-state index contributed by atoms with van der Waals surface area (Å²) < 4.78 is 0. The number of rotatable bonds is 5. The third kappa shape index (κ3) is 2.71. The smallest absolute Gasteiger partial charge is 0.177 e. The molecule has 0 aliphatic heterocycles. The van der Waals surface area contributed by atoms with E-state index in [1.165, 1.54) is 0 Å². The van der Waals surface area contributed by atoms with Gasteiger partial charge < -0.3 is 5.32 Å². The molecule has 2 rings (SSSR count). The van der Waals surface area contributed by atoms with Crippen LogP contribution in [-0.4, -0.2) is 18.9 Å². The Hall–Kier alpha value is -1.67. The van der Waals surface area contributed by atoms with Crippen LogP contribution in [0.25, 0.3) is 10.8 Å². The zero-order valence-electron chi connectivity index (χ0n) is 10.1. The average Bonchev–Trinajstić information content (AvgIpc) is 2.38. The van der Waals surface area contributed by atoms with E-state index in [4.69, 9.17) is 0 Å². The Bertz CT molecular complexity index is 514. The summed E-state index contributed by atoms with van der Waals surface area (Å²) in [7, 11) is 0. The summed E-state index contributed by atoms with van der Waals surface area (Å²) in [5.41, 5.74) is 0.812. The van der Waals surface area contributed by atoms with Crippen LogP contribution in [-0.2, 0) is 0 Å². The van der Waals surface area contributed by atoms with E-state index >= 15 is 0 Å². The van der Waals surface area contributed by atoms with E-state index in [0.717, 1.165) is 29.3 Å². The topological polar surface area (TPSA) is 29.1 Å². The molecule has 2 heteroatoms. The molecule has 0 atom stereocenters. The molecular weight excluding hydrogens is 210 g/mol. The molecule has 0 saturated carbocycles. The number of benzene rings is 2. The number of fused-ring (bicyclic) bond motifs is 1. The van der Waals surface area contributed by atoms with Crippen LogP contribution in [0, 0.1) is 0 Å². The Labute approximate surface area is 102 Å². The minimum Gasteiger partial charge on any atom is -0.310 e. The highest BCUT2D eigenvalue weighted by molar-refractivity contribution is 6.08. The number of hydrogen-bond acceptors (Lipinski definition) is 2. The number of Topliss-reactive ketones (excluding diaryl/α,β-unsaturated/α-hetero) is 1. The number of ketones is 1. The van der Waals surface area contributed by atoms with Crippen molar-refractivity contribution in [2.24, 2.45) is 0 Å². The highest BCUT2D eigenvalue weighted by Gasteiger charge is 2.08. The molecule has 0 radical (unpaired) electrons. The minimum absolute atomic E-state index is 0.162. The number of carbonyl (C=O) groups is 1. The molecular formula is C15H17NO. The van der Waals surface area contributed by atoms with Crippen molar-refractivity contribution < 1.29 is 4.79 Å². The fraction of sp³-hybridized carbons (Fsp3) is 0.267. The highest BCUT2D eigenvalue weighted by atomic mass is 16.1. The molecule has 2 nitrogen and oxygen atoms in total. The summed E-state index contributed by atoms with van der Waals surface area (Å²) in [5.74, 6) is 0.162. The van der Waals surface area contributed by atoms with Crippen molar-refractivity contribution in [1.29, 1.82) is 0 Å². The lowest BCUT2D eigenvalue weighted by Crippen LogP contribution is -2.23. The molecule has 1 N–H and O–H groups in total.